The van der Waals surface area contributed by atoms with Crippen molar-refractivity contribution in [3.8, 4) is 0 Å². The fourth-order valence-electron chi connectivity index (χ4n) is 4.77. The summed E-state index contributed by atoms with van der Waals surface area (Å²) in [5.41, 5.74) is 1.56. The predicted octanol–water partition coefficient (Wildman–Crippen LogP) is 6.18. The number of likely N-dealkylation sites (tertiary alicyclic amines) is 1. The Balaban J connectivity index is 1.54. The SMILES string of the molecule is CC(C)N1CCC(N(Cc2cncc(N(C)c3ccccn3)c2)C(=O)C=Cc2ccc(C(F)(F)F)cc2)CC1. The van der Waals surface area contributed by atoms with Crippen molar-refractivity contribution in [2.75, 3.05) is 25.0 Å². The number of aromatic nitrogens is 2. The molecule has 3 aromatic rings. The van der Waals surface area contributed by atoms with E-state index < -0.39 is 11.7 Å². The Bertz CT molecular complexity index is 1250. The molecular formula is C30H34F3N5O. The summed E-state index contributed by atoms with van der Waals surface area (Å²) in [7, 11) is 1.92. The highest BCUT2D eigenvalue weighted by Gasteiger charge is 2.30. The molecule has 1 aromatic carbocycles. The van der Waals surface area contributed by atoms with Crippen LogP contribution < -0.4 is 4.90 Å². The van der Waals surface area contributed by atoms with E-state index in [9.17, 15) is 18.0 Å². The molecule has 0 aliphatic carbocycles. The van der Waals surface area contributed by atoms with Crippen molar-refractivity contribution in [2.45, 2.75) is 51.5 Å². The van der Waals surface area contributed by atoms with Crippen LogP contribution in [0.15, 0.2) is 73.2 Å². The van der Waals surface area contributed by atoms with Gasteiger partial charge in [0.2, 0.25) is 5.91 Å². The number of carbonyl (C=O) groups excluding carboxylic acids is 1. The van der Waals surface area contributed by atoms with Crippen LogP contribution in [0.5, 0.6) is 0 Å². The van der Waals surface area contributed by atoms with Crippen LogP contribution in [0, 0.1) is 0 Å². The molecule has 0 saturated carbocycles. The van der Waals surface area contributed by atoms with E-state index in [-0.39, 0.29) is 11.9 Å². The standard InChI is InChI=1S/C30H34F3N5O/c1-22(2)37-16-13-26(14-17-37)38(29(39)12-9-23-7-10-25(11-8-23)30(31,32)33)21-24-18-27(20-34-19-24)36(3)28-6-4-5-15-35-28/h4-12,15,18-20,22,26H,13-14,16-17,21H2,1-3H3. The Morgan fingerprint density at radius 3 is 2.44 bits per heavy atom. The van der Waals surface area contributed by atoms with Crippen molar-refractivity contribution in [3.05, 3.63) is 89.9 Å². The minimum absolute atomic E-state index is 0.0435. The van der Waals surface area contributed by atoms with E-state index in [0.717, 1.165) is 55.1 Å². The number of amides is 1. The molecule has 1 aliphatic heterocycles. The van der Waals surface area contributed by atoms with Crippen LogP contribution >= 0.6 is 0 Å². The van der Waals surface area contributed by atoms with Crippen LogP contribution in [0.1, 0.15) is 43.4 Å². The molecule has 1 aliphatic rings. The van der Waals surface area contributed by atoms with Crippen LogP contribution in [-0.4, -0.2) is 57.9 Å². The lowest BCUT2D eigenvalue weighted by molar-refractivity contribution is -0.137. The van der Waals surface area contributed by atoms with Gasteiger partial charge < -0.3 is 14.7 Å². The van der Waals surface area contributed by atoms with Crippen LogP contribution in [0.25, 0.3) is 6.08 Å². The molecular weight excluding hydrogens is 503 g/mol. The van der Waals surface area contributed by atoms with Gasteiger partial charge in [-0.2, -0.15) is 13.2 Å². The first kappa shape index (κ1) is 28.3. The van der Waals surface area contributed by atoms with Gasteiger partial charge in [0.25, 0.3) is 0 Å². The molecule has 4 rings (SSSR count). The largest absolute Gasteiger partial charge is 0.416 e. The van der Waals surface area contributed by atoms with Crippen molar-refractivity contribution in [3.63, 3.8) is 0 Å². The zero-order chi connectivity index (χ0) is 28.0. The molecule has 0 radical (unpaired) electrons. The third-order valence-electron chi connectivity index (χ3n) is 7.12. The van der Waals surface area contributed by atoms with Crippen molar-refractivity contribution in [2.24, 2.45) is 0 Å². The molecule has 0 N–H and O–H groups in total. The Labute approximate surface area is 227 Å². The van der Waals surface area contributed by atoms with E-state index in [1.807, 2.05) is 41.1 Å². The van der Waals surface area contributed by atoms with Crippen molar-refractivity contribution >= 4 is 23.5 Å². The number of benzene rings is 1. The van der Waals surface area contributed by atoms with Crippen LogP contribution in [0.2, 0.25) is 0 Å². The first-order valence-electron chi connectivity index (χ1n) is 13.1. The highest BCUT2D eigenvalue weighted by Crippen LogP contribution is 2.29. The Kier molecular flexibility index (Phi) is 9.01. The summed E-state index contributed by atoms with van der Waals surface area (Å²) in [6, 6.07) is 13.0. The van der Waals surface area contributed by atoms with Gasteiger partial charge in [0.1, 0.15) is 5.82 Å². The first-order valence-corrected chi connectivity index (χ1v) is 13.1. The molecule has 1 fully saturated rings. The predicted molar refractivity (Wildman–Crippen MR) is 147 cm³/mol. The summed E-state index contributed by atoms with van der Waals surface area (Å²) in [5.74, 6) is 0.603. The number of rotatable bonds is 8. The molecule has 39 heavy (non-hydrogen) atoms. The van der Waals surface area contributed by atoms with Crippen molar-refractivity contribution in [1.82, 2.24) is 19.8 Å². The number of nitrogens with zero attached hydrogens (tertiary/aromatic N) is 5. The van der Waals surface area contributed by atoms with Gasteiger partial charge in [0.15, 0.2) is 0 Å². The topological polar surface area (TPSA) is 52.6 Å². The monoisotopic (exact) mass is 537 g/mol. The number of alkyl halides is 3. The van der Waals surface area contributed by atoms with Crippen molar-refractivity contribution < 1.29 is 18.0 Å². The fraction of sp³-hybridized carbons (Fsp3) is 0.367. The van der Waals surface area contributed by atoms with Crippen LogP contribution in [0.3, 0.4) is 0 Å². The summed E-state index contributed by atoms with van der Waals surface area (Å²) < 4.78 is 38.7. The van der Waals surface area contributed by atoms with Gasteiger partial charge in [-0.25, -0.2) is 4.98 Å². The Hall–Kier alpha value is -3.72. The zero-order valence-corrected chi connectivity index (χ0v) is 22.5. The molecule has 0 bridgehead atoms. The van der Waals surface area contributed by atoms with Gasteiger partial charge in [-0.15, -0.1) is 0 Å². The maximum atomic E-state index is 13.5. The van der Waals surface area contributed by atoms with E-state index in [0.29, 0.717) is 18.2 Å². The summed E-state index contributed by atoms with van der Waals surface area (Å²) >= 11 is 0. The lowest BCUT2D eigenvalue weighted by Gasteiger charge is -2.39. The molecule has 1 amide bonds. The van der Waals surface area contributed by atoms with Crippen LogP contribution in [-0.2, 0) is 17.5 Å². The number of anilines is 2. The third-order valence-corrected chi connectivity index (χ3v) is 7.12. The fourth-order valence-corrected chi connectivity index (χ4v) is 4.77. The molecule has 9 heteroatoms. The molecule has 2 aromatic heterocycles. The summed E-state index contributed by atoms with van der Waals surface area (Å²) in [6.07, 6.45) is 5.58. The second kappa shape index (κ2) is 12.4. The number of halogens is 3. The number of carbonyl (C=O) groups is 1. The maximum Gasteiger partial charge on any atom is 0.416 e. The normalized spacial score (nSPS) is 15.2. The number of hydrogen-bond acceptors (Lipinski definition) is 5. The van der Waals surface area contributed by atoms with Crippen LogP contribution in [0.4, 0.5) is 24.7 Å². The lowest BCUT2D eigenvalue weighted by Crippen LogP contribution is -2.48. The Morgan fingerprint density at radius 2 is 1.82 bits per heavy atom. The van der Waals surface area contributed by atoms with E-state index in [4.69, 9.17) is 0 Å². The van der Waals surface area contributed by atoms with E-state index >= 15 is 0 Å². The average molecular weight is 538 g/mol. The Morgan fingerprint density at radius 1 is 1.10 bits per heavy atom. The van der Waals surface area contributed by atoms with E-state index in [1.54, 1.807) is 24.7 Å². The van der Waals surface area contributed by atoms with Gasteiger partial charge in [0.05, 0.1) is 17.4 Å². The van der Waals surface area contributed by atoms with Crippen molar-refractivity contribution in [1.29, 1.82) is 0 Å². The molecule has 6 nitrogen and oxygen atoms in total. The van der Waals surface area contributed by atoms with Gasteiger partial charge in [-0.1, -0.05) is 18.2 Å². The maximum absolute atomic E-state index is 13.5. The summed E-state index contributed by atoms with van der Waals surface area (Å²) in [4.78, 5) is 28.5. The molecule has 1 saturated heterocycles. The van der Waals surface area contributed by atoms with Gasteiger partial charge in [-0.05, 0) is 74.2 Å². The third kappa shape index (κ3) is 7.44. The first-order chi connectivity index (χ1) is 18.6. The number of pyridine rings is 2. The smallest absolute Gasteiger partial charge is 0.332 e. The quantitative estimate of drug-likeness (QED) is 0.321. The molecule has 3 heterocycles. The minimum atomic E-state index is -4.40. The number of piperidine rings is 1. The zero-order valence-electron chi connectivity index (χ0n) is 22.5. The summed E-state index contributed by atoms with van der Waals surface area (Å²) in [6.45, 7) is 6.51. The number of hydrogen-bond donors (Lipinski definition) is 0. The molecule has 0 unspecified atom stereocenters. The highest BCUT2D eigenvalue weighted by molar-refractivity contribution is 5.92. The van der Waals surface area contributed by atoms with E-state index in [1.165, 1.54) is 18.2 Å². The van der Waals surface area contributed by atoms with E-state index in [2.05, 4.69) is 28.7 Å². The average Bonchev–Trinajstić information content (AvgIpc) is 2.94. The summed E-state index contributed by atoms with van der Waals surface area (Å²) in [5, 5.41) is 0. The second-order valence-electron chi connectivity index (χ2n) is 10.1. The lowest BCUT2D eigenvalue weighted by atomic mass is 10.0. The minimum Gasteiger partial charge on any atom is -0.332 e. The molecule has 206 valence electrons. The molecule has 0 atom stereocenters. The van der Waals surface area contributed by atoms with Gasteiger partial charge >= 0.3 is 6.18 Å². The van der Waals surface area contributed by atoms with Gasteiger partial charge in [0, 0.05) is 57.2 Å². The van der Waals surface area contributed by atoms with Gasteiger partial charge in [-0.3, -0.25) is 9.78 Å². The highest BCUT2D eigenvalue weighted by atomic mass is 19.4. The second-order valence-corrected chi connectivity index (χ2v) is 10.1. The molecule has 0 spiro atoms.